The van der Waals surface area contributed by atoms with Gasteiger partial charge in [-0.25, -0.2) is 19.9 Å². The van der Waals surface area contributed by atoms with Crippen molar-refractivity contribution in [2.24, 2.45) is 0 Å². The Labute approximate surface area is 521 Å². The Morgan fingerprint density at radius 3 is 0.802 bits per heavy atom. The molecule has 0 aliphatic carbocycles. The molecule has 0 unspecified atom stereocenters. The molecule has 0 saturated heterocycles. The molecule has 0 spiro atoms. The molecule has 19 rings (SSSR count). The lowest BCUT2D eigenvalue weighted by molar-refractivity contribution is 1.00. The summed E-state index contributed by atoms with van der Waals surface area (Å²) >= 11 is 0. The van der Waals surface area contributed by atoms with Crippen LogP contribution in [0.1, 0.15) is 0 Å². The highest BCUT2D eigenvalue weighted by atomic mass is 15.2. The van der Waals surface area contributed by atoms with E-state index < -0.39 is 0 Å². The Morgan fingerprint density at radius 2 is 0.451 bits per heavy atom. The Balaban J connectivity index is 1.21. The molecular formula is C82H51N9. The van der Waals surface area contributed by atoms with Crippen molar-refractivity contribution in [2.45, 2.75) is 0 Å². The van der Waals surface area contributed by atoms with E-state index in [1.165, 1.54) is 0 Å². The van der Waals surface area contributed by atoms with E-state index in [2.05, 4.69) is 320 Å². The number of hydrogen-bond donors (Lipinski definition) is 0. The summed E-state index contributed by atoms with van der Waals surface area (Å²) < 4.78 is 12.5. The molecule has 6 heterocycles. The van der Waals surface area contributed by atoms with Gasteiger partial charge < -0.3 is 18.3 Å². The number of hydrogen-bond acceptors (Lipinski definition) is 4. The second-order valence-corrected chi connectivity index (χ2v) is 23.3. The minimum Gasteiger partial charge on any atom is -0.306 e. The first-order chi connectivity index (χ1) is 45.2. The Hall–Kier alpha value is -12.5. The van der Waals surface area contributed by atoms with Crippen molar-refractivity contribution in [3.05, 3.63) is 309 Å². The van der Waals surface area contributed by atoms with E-state index in [0.29, 0.717) is 23.3 Å². The second-order valence-electron chi connectivity index (χ2n) is 23.3. The molecule has 0 amide bonds. The van der Waals surface area contributed by atoms with E-state index in [1.807, 2.05) is 12.1 Å². The maximum Gasteiger partial charge on any atom is 0.167 e. The third-order valence-electron chi connectivity index (χ3n) is 18.3. The summed E-state index contributed by atoms with van der Waals surface area (Å²) in [6.07, 6.45) is 0. The second kappa shape index (κ2) is 20.0. The fraction of sp³-hybridized carbons (Fsp3) is 0. The highest BCUT2D eigenvalue weighted by molar-refractivity contribution is 6.18. The maximum absolute atomic E-state index is 6.08. The van der Waals surface area contributed by atoms with Gasteiger partial charge in [-0.15, -0.1) is 0 Å². The van der Waals surface area contributed by atoms with Gasteiger partial charge in [-0.05, 0) is 72.8 Å². The highest BCUT2D eigenvalue weighted by Gasteiger charge is 2.38. The largest absolute Gasteiger partial charge is 0.306 e. The van der Waals surface area contributed by atoms with Gasteiger partial charge in [0.1, 0.15) is 5.82 Å². The Kier molecular flexibility index (Phi) is 11.2. The minimum atomic E-state index is 0.462. The van der Waals surface area contributed by atoms with Crippen LogP contribution in [0.2, 0.25) is 0 Å². The SMILES string of the molecule is c1ccc(-c2nc(-c3ccccc3)nc(-c3c(-c4nc5ccccc5n4-c4ccccc4)c(-n4c5ccccc5c5ccccc54)c(-n4c5ccccc5c5ccccc54)c(-n4c5ccccc5c5ccccc54)c3-n3c4ccccc4c4ccccc43)n2)cc1. The average Bonchev–Trinajstić information content (AvgIpc) is 1.61. The van der Waals surface area contributed by atoms with Gasteiger partial charge in [-0.2, -0.15) is 0 Å². The normalized spacial score (nSPS) is 12.0. The summed E-state index contributed by atoms with van der Waals surface area (Å²) in [4.78, 5) is 23.5. The molecule has 0 saturated carbocycles. The monoisotopic (exact) mass is 1160 g/mol. The lowest BCUT2D eigenvalue weighted by Gasteiger charge is -2.30. The molecule has 0 radical (unpaired) electrons. The molecule has 0 fully saturated rings. The molecule has 9 heteroatoms. The zero-order valence-corrected chi connectivity index (χ0v) is 49.0. The fourth-order valence-electron chi connectivity index (χ4n) is 14.6. The molecule has 13 aromatic carbocycles. The molecule has 0 aliphatic heterocycles. The third-order valence-corrected chi connectivity index (χ3v) is 18.3. The van der Waals surface area contributed by atoms with Crippen LogP contribution in [0.3, 0.4) is 0 Å². The number of benzene rings is 13. The van der Waals surface area contributed by atoms with Crippen molar-refractivity contribution in [3.63, 3.8) is 0 Å². The Morgan fingerprint density at radius 1 is 0.187 bits per heavy atom. The summed E-state index contributed by atoms with van der Waals surface area (Å²) in [7, 11) is 0. The number of para-hydroxylation sites is 11. The number of fused-ring (bicyclic) bond motifs is 13. The van der Waals surface area contributed by atoms with E-state index in [0.717, 1.165) is 149 Å². The van der Waals surface area contributed by atoms with Crippen LogP contribution in [0.15, 0.2) is 309 Å². The lowest BCUT2D eigenvalue weighted by Crippen LogP contribution is -2.18. The van der Waals surface area contributed by atoms with Gasteiger partial charge in [0.15, 0.2) is 17.5 Å². The van der Waals surface area contributed by atoms with Gasteiger partial charge in [-0.1, -0.05) is 237 Å². The van der Waals surface area contributed by atoms with Crippen LogP contribution in [0.25, 0.3) is 172 Å². The predicted octanol–water partition coefficient (Wildman–Crippen LogP) is 20.3. The molecular weight excluding hydrogens is 1110 g/mol. The standard InChI is InChI=1S/C82H51N9/c1-4-28-52(29-5-1)79-84-80(53-30-6-2-7-31-53)86-81(85-79)73-74(82-83-63-42-18-27-51-72(63)87(82)54-32-8-3-9-33-54)76(89-66-45-21-12-36-57(66)58-37-13-22-46-67(58)89)78(91-70-49-25-16-40-61(70)62-41-17-26-50-71(62)91)77(90-68-47-23-14-38-59(68)60-39-15-24-48-69(60)90)75(73)88-64-43-19-10-34-55(64)56-35-11-20-44-65(56)88/h1-51H. The van der Waals surface area contributed by atoms with Crippen LogP contribution < -0.4 is 0 Å². The van der Waals surface area contributed by atoms with Crippen LogP contribution in [0.5, 0.6) is 0 Å². The Bertz CT molecular complexity index is 5870. The molecule has 6 aromatic heterocycles. The quantitative estimate of drug-likeness (QED) is 0.144. The first kappa shape index (κ1) is 50.7. The zero-order valence-electron chi connectivity index (χ0n) is 49.0. The fourth-order valence-corrected chi connectivity index (χ4v) is 14.6. The van der Waals surface area contributed by atoms with Crippen molar-refractivity contribution < 1.29 is 0 Å². The van der Waals surface area contributed by atoms with Gasteiger partial charge >= 0.3 is 0 Å². The third kappa shape index (κ3) is 7.52. The number of rotatable bonds is 9. The van der Waals surface area contributed by atoms with Crippen LogP contribution in [0.4, 0.5) is 0 Å². The summed E-state index contributed by atoms with van der Waals surface area (Å²) in [5, 5.41) is 8.90. The molecule has 0 bridgehead atoms. The first-order valence-electron chi connectivity index (χ1n) is 30.8. The lowest BCUT2D eigenvalue weighted by atomic mass is 9.95. The molecule has 0 atom stereocenters. The first-order valence-corrected chi connectivity index (χ1v) is 30.8. The van der Waals surface area contributed by atoms with Crippen LogP contribution >= 0.6 is 0 Å². The van der Waals surface area contributed by atoms with Crippen LogP contribution in [-0.4, -0.2) is 42.8 Å². The van der Waals surface area contributed by atoms with Crippen molar-refractivity contribution in [3.8, 4) is 74.0 Å². The van der Waals surface area contributed by atoms with Gasteiger partial charge in [0.25, 0.3) is 0 Å². The van der Waals surface area contributed by atoms with E-state index in [1.54, 1.807) is 0 Å². The molecule has 0 aliphatic rings. The van der Waals surface area contributed by atoms with Crippen molar-refractivity contribution in [1.82, 2.24) is 42.8 Å². The van der Waals surface area contributed by atoms with Crippen molar-refractivity contribution in [2.75, 3.05) is 0 Å². The number of aromatic nitrogens is 9. The van der Waals surface area contributed by atoms with Crippen molar-refractivity contribution >= 4 is 98.3 Å². The van der Waals surface area contributed by atoms with Crippen LogP contribution in [-0.2, 0) is 0 Å². The molecule has 9 nitrogen and oxygen atoms in total. The van der Waals surface area contributed by atoms with E-state index in [4.69, 9.17) is 19.9 Å². The topological polar surface area (TPSA) is 76.2 Å². The average molecular weight is 1160 g/mol. The highest BCUT2D eigenvalue weighted by Crippen LogP contribution is 2.55. The molecule has 91 heavy (non-hydrogen) atoms. The van der Waals surface area contributed by atoms with Gasteiger partial charge in [0.05, 0.1) is 89.0 Å². The number of nitrogens with zero attached hydrogens (tertiary/aromatic N) is 9. The van der Waals surface area contributed by atoms with E-state index in [9.17, 15) is 0 Å². The molecule has 19 aromatic rings. The van der Waals surface area contributed by atoms with Gasteiger partial charge in [0.2, 0.25) is 0 Å². The maximum atomic E-state index is 6.08. The number of imidazole rings is 1. The molecule has 0 N–H and O–H groups in total. The summed E-state index contributed by atoms with van der Waals surface area (Å²) in [6.45, 7) is 0. The summed E-state index contributed by atoms with van der Waals surface area (Å²) in [5.41, 5.74) is 17.7. The summed E-state index contributed by atoms with van der Waals surface area (Å²) in [6, 6.07) is 111. The van der Waals surface area contributed by atoms with E-state index in [-0.39, 0.29) is 0 Å². The van der Waals surface area contributed by atoms with Crippen LogP contribution in [0, 0.1) is 0 Å². The predicted molar refractivity (Wildman–Crippen MR) is 374 cm³/mol. The van der Waals surface area contributed by atoms with Crippen molar-refractivity contribution in [1.29, 1.82) is 0 Å². The summed E-state index contributed by atoms with van der Waals surface area (Å²) in [5.74, 6) is 2.22. The molecule has 424 valence electrons. The van der Waals surface area contributed by atoms with Gasteiger partial charge in [0, 0.05) is 59.9 Å². The zero-order chi connectivity index (χ0) is 59.7. The van der Waals surface area contributed by atoms with Gasteiger partial charge in [-0.3, -0.25) is 4.57 Å². The minimum absolute atomic E-state index is 0.462. The van der Waals surface area contributed by atoms with E-state index >= 15 is 0 Å². The smallest absolute Gasteiger partial charge is 0.167 e.